The molecule has 12 nitrogen and oxygen atoms in total. The molecule has 1 aliphatic rings. The van der Waals surface area contributed by atoms with Crippen LogP contribution in [0.25, 0.3) is 0 Å². The van der Waals surface area contributed by atoms with Gasteiger partial charge in [0.1, 0.15) is 18.8 Å². The molecular formula is C61H104O12. The average Bonchev–Trinajstić information content (AvgIpc) is 3.37. The third-order valence-electron chi connectivity index (χ3n) is 13.1. The van der Waals surface area contributed by atoms with E-state index >= 15 is 0 Å². The standard InChI is InChI=1S/C61H104O12/c1-4-7-10-13-16-19-21-23-25-26-27-28-30-31-33-36-38-41-44-47-53(62)69-50-52(71-54(63)48-45-42-39-35-18-15-12-9-6-3)51-70-61-59(57(66)56(65)58(73-61)60(67)68)72-55(64)49-46-43-40-37-34-32-29-24-22-20-17-14-11-8-5-2/h7,10,16,19,23-25,27-29,52,56-59,61,65-66H,4-6,8-9,11-15,17-18,20-22,26,30-51H2,1-3H3,(H,67,68)/b10-7-,19-16-,25-23-,28-27-,29-24-. The number of allylic oxidation sites excluding steroid dienone is 10. The summed E-state index contributed by atoms with van der Waals surface area (Å²) in [4.78, 5) is 51.0. The highest BCUT2D eigenvalue weighted by molar-refractivity contribution is 5.74. The molecule has 0 aliphatic carbocycles. The Hall–Kier alpha value is -3.58. The van der Waals surface area contributed by atoms with Gasteiger partial charge in [-0.3, -0.25) is 14.4 Å². The Bertz CT molecular complexity index is 1500. The zero-order valence-electron chi connectivity index (χ0n) is 46.1. The van der Waals surface area contributed by atoms with E-state index in [0.29, 0.717) is 19.3 Å². The van der Waals surface area contributed by atoms with Crippen LogP contribution in [-0.4, -0.2) is 89.2 Å². The van der Waals surface area contributed by atoms with Gasteiger partial charge in [-0.2, -0.15) is 0 Å². The maximum absolute atomic E-state index is 13.1. The highest BCUT2D eigenvalue weighted by Crippen LogP contribution is 2.26. The smallest absolute Gasteiger partial charge is 0.335 e. The Morgan fingerprint density at radius 3 is 1.33 bits per heavy atom. The molecule has 0 aromatic rings. The summed E-state index contributed by atoms with van der Waals surface area (Å²) in [6.45, 7) is 5.83. The van der Waals surface area contributed by atoms with Gasteiger partial charge in [0.15, 0.2) is 24.6 Å². The third-order valence-corrected chi connectivity index (χ3v) is 13.1. The van der Waals surface area contributed by atoms with E-state index in [9.17, 15) is 34.5 Å². The number of rotatable bonds is 49. The Labute approximate surface area is 443 Å². The van der Waals surface area contributed by atoms with Gasteiger partial charge in [0.2, 0.25) is 0 Å². The number of carbonyl (C=O) groups is 4. The number of esters is 3. The number of hydrogen-bond acceptors (Lipinski definition) is 11. The maximum Gasteiger partial charge on any atom is 0.335 e. The molecule has 1 saturated heterocycles. The van der Waals surface area contributed by atoms with Crippen LogP contribution < -0.4 is 0 Å². The number of aliphatic carboxylic acids is 1. The third kappa shape index (κ3) is 39.5. The molecule has 1 rings (SSSR count). The lowest BCUT2D eigenvalue weighted by Crippen LogP contribution is -2.61. The van der Waals surface area contributed by atoms with Gasteiger partial charge in [0.05, 0.1) is 6.61 Å². The summed E-state index contributed by atoms with van der Waals surface area (Å²) in [6.07, 6.45) is 47.7. The lowest BCUT2D eigenvalue weighted by atomic mass is 9.98. The fourth-order valence-electron chi connectivity index (χ4n) is 8.59. The molecule has 73 heavy (non-hydrogen) atoms. The quantitative estimate of drug-likeness (QED) is 0.0228. The largest absolute Gasteiger partial charge is 0.479 e. The molecule has 0 aromatic heterocycles. The van der Waals surface area contributed by atoms with Gasteiger partial charge in [0, 0.05) is 19.3 Å². The van der Waals surface area contributed by atoms with Gasteiger partial charge < -0.3 is 39.0 Å². The Kier molecular flexibility index (Phi) is 45.5. The van der Waals surface area contributed by atoms with Gasteiger partial charge >= 0.3 is 23.9 Å². The SMILES string of the molecule is CC/C=C\C/C=C\C/C=C\C/C=C\CCCCCCCCC(=O)OCC(COC1OC(C(=O)O)C(O)C(O)C1OC(=O)CCCCCCC/C=C\CCCCCCCC)OC(=O)CCCCCCCCCCC. The van der Waals surface area contributed by atoms with Crippen LogP contribution >= 0.6 is 0 Å². The number of carboxylic acid groups (broad SMARTS) is 1. The molecule has 12 heteroatoms. The lowest BCUT2D eigenvalue weighted by Gasteiger charge is -2.40. The first-order valence-electron chi connectivity index (χ1n) is 29.3. The minimum Gasteiger partial charge on any atom is -0.479 e. The van der Waals surface area contributed by atoms with Crippen molar-refractivity contribution in [2.45, 2.75) is 289 Å². The van der Waals surface area contributed by atoms with Crippen molar-refractivity contribution in [3.63, 3.8) is 0 Å². The van der Waals surface area contributed by atoms with Gasteiger partial charge in [-0.05, 0) is 83.5 Å². The molecule has 0 spiro atoms. The van der Waals surface area contributed by atoms with E-state index in [-0.39, 0.29) is 25.9 Å². The van der Waals surface area contributed by atoms with E-state index in [4.69, 9.17) is 23.7 Å². The second kappa shape index (κ2) is 49.3. The minimum absolute atomic E-state index is 0.0499. The predicted octanol–water partition coefficient (Wildman–Crippen LogP) is 14.8. The Balaban J connectivity index is 2.65. The Morgan fingerprint density at radius 1 is 0.466 bits per heavy atom. The summed E-state index contributed by atoms with van der Waals surface area (Å²) >= 11 is 0. The van der Waals surface area contributed by atoms with E-state index in [1.165, 1.54) is 70.6 Å². The molecule has 420 valence electrons. The van der Waals surface area contributed by atoms with Crippen LogP contribution in [0.3, 0.4) is 0 Å². The molecule has 0 saturated carbocycles. The van der Waals surface area contributed by atoms with E-state index in [1.807, 2.05) is 0 Å². The first-order chi connectivity index (χ1) is 35.6. The van der Waals surface area contributed by atoms with Crippen molar-refractivity contribution in [1.29, 1.82) is 0 Å². The summed E-state index contributed by atoms with van der Waals surface area (Å²) in [7, 11) is 0. The van der Waals surface area contributed by atoms with Gasteiger partial charge in [-0.15, -0.1) is 0 Å². The van der Waals surface area contributed by atoms with Crippen LogP contribution in [0.1, 0.15) is 252 Å². The second-order valence-corrected chi connectivity index (χ2v) is 19.9. The zero-order valence-corrected chi connectivity index (χ0v) is 46.1. The van der Waals surface area contributed by atoms with E-state index < -0.39 is 67.3 Å². The topological polar surface area (TPSA) is 175 Å². The van der Waals surface area contributed by atoms with Crippen molar-refractivity contribution < 1.29 is 58.2 Å². The molecule has 0 radical (unpaired) electrons. The van der Waals surface area contributed by atoms with Gasteiger partial charge in [0.25, 0.3) is 0 Å². The zero-order chi connectivity index (χ0) is 53.3. The van der Waals surface area contributed by atoms with E-state index in [0.717, 1.165) is 122 Å². The summed E-state index contributed by atoms with van der Waals surface area (Å²) < 4.78 is 28.4. The summed E-state index contributed by atoms with van der Waals surface area (Å²) in [6, 6.07) is 0. The highest BCUT2D eigenvalue weighted by atomic mass is 16.7. The number of aliphatic hydroxyl groups is 2. The molecule has 1 fully saturated rings. The lowest BCUT2D eigenvalue weighted by molar-refractivity contribution is -0.301. The second-order valence-electron chi connectivity index (χ2n) is 19.9. The fourth-order valence-corrected chi connectivity index (χ4v) is 8.59. The van der Waals surface area contributed by atoms with Gasteiger partial charge in [-0.25, -0.2) is 4.79 Å². The molecule has 1 aliphatic heterocycles. The van der Waals surface area contributed by atoms with Crippen LogP contribution in [-0.2, 0) is 42.9 Å². The average molecular weight is 1030 g/mol. The maximum atomic E-state index is 13.1. The van der Waals surface area contributed by atoms with Crippen LogP contribution in [0.5, 0.6) is 0 Å². The van der Waals surface area contributed by atoms with Crippen LogP contribution in [0.2, 0.25) is 0 Å². The summed E-state index contributed by atoms with van der Waals surface area (Å²) in [5.41, 5.74) is 0. The number of aliphatic hydroxyl groups excluding tert-OH is 2. The molecule has 6 atom stereocenters. The molecule has 3 N–H and O–H groups in total. The van der Waals surface area contributed by atoms with Crippen molar-refractivity contribution in [3.05, 3.63) is 60.8 Å². The number of ether oxygens (including phenoxy) is 5. The molecule has 0 amide bonds. The number of carbonyl (C=O) groups excluding carboxylic acids is 3. The first-order valence-corrected chi connectivity index (χ1v) is 29.3. The normalized spacial score (nSPS) is 18.7. The van der Waals surface area contributed by atoms with E-state index in [1.54, 1.807) is 0 Å². The fraction of sp³-hybridized carbons (Fsp3) is 0.770. The Morgan fingerprint density at radius 2 is 0.863 bits per heavy atom. The van der Waals surface area contributed by atoms with Crippen LogP contribution in [0, 0.1) is 0 Å². The van der Waals surface area contributed by atoms with Crippen molar-refractivity contribution in [2.24, 2.45) is 0 Å². The van der Waals surface area contributed by atoms with Crippen molar-refractivity contribution in [3.8, 4) is 0 Å². The van der Waals surface area contributed by atoms with Crippen LogP contribution in [0.15, 0.2) is 60.8 Å². The molecule has 6 unspecified atom stereocenters. The summed E-state index contributed by atoms with van der Waals surface area (Å²) in [5.74, 6) is -3.14. The minimum atomic E-state index is -1.91. The van der Waals surface area contributed by atoms with Gasteiger partial charge in [-0.1, -0.05) is 210 Å². The van der Waals surface area contributed by atoms with Crippen molar-refractivity contribution in [1.82, 2.24) is 0 Å². The predicted molar refractivity (Wildman–Crippen MR) is 294 cm³/mol. The molecule has 0 bridgehead atoms. The van der Waals surface area contributed by atoms with Crippen molar-refractivity contribution >= 4 is 23.9 Å². The first kappa shape index (κ1) is 67.4. The molecular weight excluding hydrogens is 925 g/mol. The van der Waals surface area contributed by atoms with Crippen LogP contribution in [0.4, 0.5) is 0 Å². The number of unbranched alkanes of at least 4 members (excludes halogenated alkanes) is 25. The summed E-state index contributed by atoms with van der Waals surface area (Å²) in [5, 5.41) is 31.4. The number of hydrogen-bond donors (Lipinski definition) is 3. The number of carboxylic acids is 1. The van der Waals surface area contributed by atoms with E-state index in [2.05, 4.69) is 81.5 Å². The molecule has 0 aromatic carbocycles. The van der Waals surface area contributed by atoms with Crippen molar-refractivity contribution in [2.75, 3.05) is 13.2 Å². The molecule has 1 heterocycles. The monoisotopic (exact) mass is 1030 g/mol. The highest BCUT2D eigenvalue weighted by Gasteiger charge is 2.50.